The van der Waals surface area contributed by atoms with Gasteiger partial charge >= 0.3 is 0 Å². The minimum absolute atomic E-state index is 0.0352. The normalized spacial score (nSPS) is 16.2. The Morgan fingerprint density at radius 1 is 1.08 bits per heavy atom. The van der Waals surface area contributed by atoms with E-state index in [9.17, 15) is 13.6 Å². The van der Waals surface area contributed by atoms with Crippen molar-refractivity contribution in [1.29, 1.82) is 0 Å². The number of nitrogens with one attached hydrogen (secondary N) is 1. The third kappa shape index (κ3) is 5.10. The van der Waals surface area contributed by atoms with Crippen LogP contribution in [0.5, 0.6) is 5.75 Å². The summed E-state index contributed by atoms with van der Waals surface area (Å²) >= 11 is 0. The molecule has 9 nitrogen and oxygen atoms in total. The van der Waals surface area contributed by atoms with Gasteiger partial charge in [-0.2, -0.15) is 0 Å². The molecule has 2 aromatic heterocycles. The van der Waals surface area contributed by atoms with Crippen molar-refractivity contribution in [2.24, 2.45) is 0 Å². The van der Waals surface area contributed by atoms with Gasteiger partial charge in [0.15, 0.2) is 24.0 Å². The van der Waals surface area contributed by atoms with E-state index in [1.807, 2.05) is 26.0 Å². The van der Waals surface area contributed by atoms with Crippen molar-refractivity contribution in [3.63, 3.8) is 0 Å². The second kappa shape index (κ2) is 10.5. The number of fused-ring (bicyclic) bond motifs is 1. The van der Waals surface area contributed by atoms with Crippen LogP contribution in [0.1, 0.15) is 26.7 Å². The zero-order chi connectivity index (χ0) is 27.0. The highest BCUT2D eigenvalue weighted by molar-refractivity contribution is 5.99. The Kier molecular flexibility index (Phi) is 7.11. The van der Waals surface area contributed by atoms with Crippen LogP contribution in [-0.4, -0.2) is 71.6 Å². The van der Waals surface area contributed by atoms with Crippen molar-refractivity contribution in [3.05, 3.63) is 48.3 Å². The topological polar surface area (TPSA) is 86.7 Å². The summed E-state index contributed by atoms with van der Waals surface area (Å²) in [4.78, 5) is 31.3. The first-order chi connectivity index (χ1) is 18.2. The van der Waals surface area contributed by atoms with Gasteiger partial charge in [-0.15, -0.1) is 0 Å². The number of pyridine rings is 1. The number of nitrogens with zero attached hydrogens (tertiary/aromatic N) is 6. The van der Waals surface area contributed by atoms with Crippen LogP contribution in [0.3, 0.4) is 0 Å². The van der Waals surface area contributed by atoms with Gasteiger partial charge in [-0.1, -0.05) is 0 Å². The van der Waals surface area contributed by atoms with E-state index < -0.39 is 11.6 Å². The van der Waals surface area contributed by atoms with Crippen molar-refractivity contribution in [2.75, 3.05) is 48.9 Å². The van der Waals surface area contributed by atoms with Gasteiger partial charge in [0.05, 0.1) is 23.8 Å². The third-order valence-electron chi connectivity index (χ3n) is 6.95. The van der Waals surface area contributed by atoms with Gasteiger partial charge in [0.2, 0.25) is 5.95 Å². The fourth-order valence-electron chi connectivity index (χ4n) is 4.96. The van der Waals surface area contributed by atoms with E-state index in [2.05, 4.69) is 44.2 Å². The lowest BCUT2D eigenvalue weighted by Gasteiger charge is -2.35. The Hall–Kier alpha value is -3.86. The van der Waals surface area contributed by atoms with E-state index >= 15 is 0 Å². The van der Waals surface area contributed by atoms with Gasteiger partial charge in [-0.05, 0) is 65.0 Å². The maximum absolute atomic E-state index is 15.0. The second-order valence-corrected chi connectivity index (χ2v) is 10.1. The average Bonchev–Trinajstić information content (AvgIpc) is 2.89. The number of aromatic nitrogens is 3. The molecule has 0 bridgehead atoms. The van der Waals surface area contributed by atoms with Crippen LogP contribution in [-0.2, 0) is 4.79 Å². The first-order valence-electron chi connectivity index (χ1n) is 12.7. The molecule has 0 saturated carbocycles. The molecule has 1 saturated heterocycles. The molecule has 3 aromatic rings. The van der Waals surface area contributed by atoms with E-state index in [0.717, 1.165) is 44.0 Å². The van der Waals surface area contributed by atoms with Gasteiger partial charge in [0.1, 0.15) is 11.5 Å². The Morgan fingerprint density at radius 2 is 1.84 bits per heavy atom. The summed E-state index contributed by atoms with van der Waals surface area (Å²) in [6.07, 6.45) is 4.88. The number of carbonyl (C=O) groups excluding carboxylic acids is 1. The highest BCUT2D eigenvalue weighted by Gasteiger charge is 2.31. The molecule has 4 heterocycles. The number of halogens is 2. The molecule has 0 radical (unpaired) electrons. The number of benzene rings is 1. The molecule has 11 heteroatoms. The van der Waals surface area contributed by atoms with Crippen LogP contribution in [0.2, 0.25) is 0 Å². The molecule has 1 fully saturated rings. The molecule has 38 heavy (non-hydrogen) atoms. The minimum Gasteiger partial charge on any atom is -0.478 e. The molecule has 2 aliphatic rings. The molecule has 0 spiro atoms. The third-order valence-corrected chi connectivity index (χ3v) is 6.95. The van der Waals surface area contributed by atoms with Gasteiger partial charge < -0.3 is 24.8 Å². The Bertz CT molecular complexity index is 1330. The van der Waals surface area contributed by atoms with E-state index in [1.54, 1.807) is 6.20 Å². The SMILES string of the molecule is CC(C)N1C(=O)COc2c(F)cc(-c3nc(Nc4ccc(N5CCC(N(C)C)CC5)nc4)ncc3F)cc21. The van der Waals surface area contributed by atoms with Crippen molar-refractivity contribution in [1.82, 2.24) is 19.9 Å². The highest BCUT2D eigenvalue weighted by Crippen LogP contribution is 2.39. The van der Waals surface area contributed by atoms with E-state index in [1.165, 1.54) is 11.0 Å². The first-order valence-corrected chi connectivity index (χ1v) is 12.7. The van der Waals surface area contributed by atoms with Gasteiger partial charge in [0.25, 0.3) is 5.91 Å². The lowest BCUT2D eigenvalue weighted by molar-refractivity contribution is -0.121. The maximum Gasteiger partial charge on any atom is 0.265 e. The standard InChI is InChI=1S/C27H31F2N7O2/c1-16(2)36-22-12-17(11-20(28)26(22)38-15-24(36)37)25-21(29)14-31-27(33-25)32-18-5-6-23(30-13-18)35-9-7-19(8-10-35)34(3)4/h5-6,11-14,16,19H,7-10,15H2,1-4H3,(H,31,32,33). The monoisotopic (exact) mass is 523 g/mol. The fraction of sp³-hybridized carbons (Fsp3) is 0.407. The highest BCUT2D eigenvalue weighted by atomic mass is 19.1. The molecule has 1 N–H and O–H groups in total. The molecule has 200 valence electrons. The summed E-state index contributed by atoms with van der Waals surface area (Å²) in [5, 5.41) is 3.04. The predicted molar refractivity (Wildman–Crippen MR) is 142 cm³/mol. The van der Waals surface area contributed by atoms with Crippen LogP contribution in [0.25, 0.3) is 11.3 Å². The van der Waals surface area contributed by atoms with Crippen LogP contribution >= 0.6 is 0 Å². The summed E-state index contributed by atoms with van der Waals surface area (Å²) in [7, 11) is 4.22. The largest absolute Gasteiger partial charge is 0.478 e. The summed E-state index contributed by atoms with van der Waals surface area (Å²) in [6, 6.07) is 6.82. The number of carbonyl (C=O) groups is 1. The smallest absolute Gasteiger partial charge is 0.265 e. The second-order valence-electron chi connectivity index (χ2n) is 10.1. The summed E-state index contributed by atoms with van der Waals surface area (Å²) in [5.41, 5.74) is 0.950. The Morgan fingerprint density at radius 3 is 2.50 bits per heavy atom. The van der Waals surface area contributed by atoms with Crippen molar-refractivity contribution in [3.8, 4) is 17.0 Å². The number of rotatable bonds is 6. The lowest BCUT2D eigenvalue weighted by Crippen LogP contribution is -2.43. The summed E-state index contributed by atoms with van der Waals surface area (Å²) in [5.74, 6) is -0.723. The molecule has 0 unspecified atom stereocenters. The van der Waals surface area contributed by atoms with Crippen LogP contribution in [0.4, 0.5) is 31.9 Å². The number of ether oxygens (including phenoxy) is 1. The molecule has 1 aromatic carbocycles. The lowest BCUT2D eigenvalue weighted by atomic mass is 10.0. The quantitative estimate of drug-likeness (QED) is 0.514. The molecule has 5 rings (SSSR count). The average molecular weight is 524 g/mol. The van der Waals surface area contributed by atoms with Crippen molar-refractivity contribution >= 4 is 29.0 Å². The van der Waals surface area contributed by atoms with Gasteiger partial charge in [0, 0.05) is 30.7 Å². The van der Waals surface area contributed by atoms with Crippen molar-refractivity contribution < 1.29 is 18.3 Å². The summed E-state index contributed by atoms with van der Waals surface area (Å²) < 4.78 is 35.1. The number of anilines is 4. The maximum atomic E-state index is 15.0. The number of piperidine rings is 1. The van der Waals surface area contributed by atoms with Crippen LogP contribution in [0.15, 0.2) is 36.7 Å². The molecular weight excluding hydrogens is 492 g/mol. The Labute approximate surface area is 220 Å². The zero-order valence-electron chi connectivity index (χ0n) is 21.9. The van der Waals surface area contributed by atoms with E-state index in [-0.39, 0.29) is 47.2 Å². The number of hydrogen-bond acceptors (Lipinski definition) is 8. The predicted octanol–water partition coefficient (Wildman–Crippen LogP) is 4.22. The van der Waals surface area contributed by atoms with Gasteiger partial charge in [-0.3, -0.25) is 4.79 Å². The minimum atomic E-state index is -0.719. The van der Waals surface area contributed by atoms with Crippen molar-refractivity contribution in [2.45, 2.75) is 38.8 Å². The number of amides is 1. The molecular formula is C27H31F2N7O2. The Balaban J connectivity index is 1.36. The van der Waals surface area contributed by atoms with E-state index in [0.29, 0.717) is 11.7 Å². The van der Waals surface area contributed by atoms with Crippen LogP contribution in [0, 0.1) is 11.6 Å². The fourth-order valence-corrected chi connectivity index (χ4v) is 4.96. The summed E-state index contributed by atoms with van der Waals surface area (Å²) in [6.45, 7) is 5.26. The van der Waals surface area contributed by atoms with Gasteiger partial charge in [-0.25, -0.2) is 23.7 Å². The van der Waals surface area contributed by atoms with E-state index in [4.69, 9.17) is 4.74 Å². The number of hydrogen-bond donors (Lipinski definition) is 1. The molecule has 0 atom stereocenters. The van der Waals surface area contributed by atoms with Crippen LogP contribution < -0.4 is 19.9 Å². The molecule has 0 aliphatic carbocycles. The first kappa shape index (κ1) is 25.8. The molecule has 1 amide bonds. The zero-order valence-corrected chi connectivity index (χ0v) is 21.9. The molecule has 2 aliphatic heterocycles.